The lowest BCUT2D eigenvalue weighted by molar-refractivity contribution is 0.0953. The van der Waals surface area contributed by atoms with E-state index in [1.54, 1.807) is 0 Å². The van der Waals surface area contributed by atoms with Crippen LogP contribution in [0.25, 0.3) is 11.1 Å². The van der Waals surface area contributed by atoms with Crippen molar-refractivity contribution in [2.45, 2.75) is 33.7 Å². The second-order valence-electron chi connectivity index (χ2n) is 9.33. The molecule has 37 heavy (non-hydrogen) atoms. The van der Waals surface area contributed by atoms with Crippen LogP contribution < -0.4 is 19.7 Å². The van der Waals surface area contributed by atoms with Crippen molar-refractivity contribution < 1.29 is 14.3 Å². The van der Waals surface area contributed by atoms with E-state index in [1.807, 2.05) is 38.1 Å². The second kappa shape index (κ2) is 13.2. The number of ether oxygens (including phenoxy) is 2. The largest absolute Gasteiger partial charge is 0.494 e. The van der Waals surface area contributed by atoms with Crippen LogP contribution in [0, 0.1) is 0 Å². The number of carbonyl (C=O) groups excluding carboxylic acids is 1. The van der Waals surface area contributed by atoms with Gasteiger partial charge in [0.1, 0.15) is 11.5 Å². The molecule has 6 heteroatoms. The molecule has 4 rings (SSSR count). The first-order chi connectivity index (χ1) is 18.1. The summed E-state index contributed by atoms with van der Waals surface area (Å²) in [4.78, 5) is 17.1. The monoisotopic (exact) mass is 501 g/mol. The summed E-state index contributed by atoms with van der Waals surface area (Å²) in [7, 11) is 0. The second-order valence-corrected chi connectivity index (χ2v) is 9.33. The van der Waals surface area contributed by atoms with E-state index in [1.165, 1.54) is 11.3 Å². The molecule has 0 radical (unpaired) electrons. The summed E-state index contributed by atoms with van der Waals surface area (Å²) in [5.74, 6) is 1.78. The fraction of sp³-hybridized carbons (Fsp3) is 0.387. The Labute approximate surface area is 221 Å². The number of nitrogens with zero attached hydrogens (tertiary/aromatic N) is 2. The lowest BCUT2D eigenvalue weighted by Gasteiger charge is -2.36. The highest BCUT2D eigenvalue weighted by Crippen LogP contribution is 2.30. The molecule has 0 spiro atoms. The molecule has 196 valence electrons. The Morgan fingerprint density at radius 1 is 0.811 bits per heavy atom. The van der Waals surface area contributed by atoms with Crippen molar-refractivity contribution in [3.05, 3.63) is 77.9 Å². The van der Waals surface area contributed by atoms with Crippen molar-refractivity contribution in [3.8, 4) is 22.6 Å². The van der Waals surface area contributed by atoms with Gasteiger partial charge in [-0.1, -0.05) is 19.1 Å². The zero-order valence-corrected chi connectivity index (χ0v) is 22.3. The number of amides is 1. The highest BCUT2D eigenvalue weighted by atomic mass is 16.5. The first-order valence-corrected chi connectivity index (χ1v) is 13.4. The number of rotatable bonds is 11. The molecule has 3 aromatic rings. The van der Waals surface area contributed by atoms with Crippen LogP contribution in [0.4, 0.5) is 5.69 Å². The predicted molar refractivity (Wildman–Crippen MR) is 151 cm³/mol. The lowest BCUT2D eigenvalue weighted by Crippen LogP contribution is -2.46. The fourth-order valence-electron chi connectivity index (χ4n) is 4.69. The Balaban J connectivity index is 1.40. The number of anilines is 1. The van der Waals surface area contributed by atoms with Crippen LogP contribution in [0.3, 0.4) is 0 Å². The zero-order chi connectivity index (χ0) is 26.0. The van der Waals surface area contributed by atoms with Crippen LogP contribution in [-0.4, -0.2) is 56.7 Å². The molecule has 1 heterocycles. The molecule has 1 aliphatic heterocycles. The van der Waals surface area contributed by atoms with Gasteiger partial charge in [-0.3, -0.25) is 9.69 Å². The molecule has 1 saturated heterocycles. The van der Waals surface area contributed by atoms with Crippen LogP contribution in [0.15, 0.2) is 66.7 Å². The molecule has 6 nitrogen and oxygen atoms in total. The Morgan fingerprint density at radius 2 is 1.51 bits per heavy atom. The van der Waals surface area contributed by atoms with Gasteiger partial charge in [0.25, 0.3) is 5.91 Å². The molecule has 1 amide bonds. The Kier molecular flexibility index (Phi) is 9.44. The van der Waals surface area contributed by atoms with E-state index in [-0.39, 0.29) is 5.91 Å². The molecule has 1 aliphatic rings. The van der Waals surface area contributed by atoms with Crippen molar-refractivity contribution in [2.75, 3.05) is 50.8 Å². The number of benzene rings is 3. The third-order valence-electron chi connectivity index (χ3n) is 6.56. The molecule has 0 aliphatic carbocycles. The highest BCUT2D eigenvalue weighted by molar-refractivity contribution is 5.94. The van der Waals surface area contributed by atoms with E-state index in [0.717, 1.165) is 61.8 Å². The van der Waals surface area contributed by atoms with E-state index < -0.39 is 0 Å². The summed E-state index contributed by atoms with van der Waals surface area (Å²) >= 11 is 0. The van der Waals surface area contributed by atoms with Gasteiger partial charge in [-0.15, -0.1) is 0 Å². The number of carbonyl (C=O) groups is 1. The predicted octanol–water partition coefficient (Wildman–Crippen LogP) is 5.61. The van der Waals surface area contributed by atoms with E-state index in [2.05, 4.69) is 64.5 Å². The highest BCUT2D eigenvalue weighted by Gasteiger charge is 2.18. The normalized spacial score (nSPS) is 13.9. The minimum absolute atomic E-state index is 0.00325. The van der Waals surface area contributed by atoms with Crippen molar-refractivity contribution in [2.24, 2.45) is 0 Å². The van der Waals surface area contributed by atoms with Gasteiger partial charge in [0.15, 0.2) is 0 Å². The van der Waals surface area contributed by atoms with E-state index in [9.17, 15) is 4.79 Å². The molecule has 0 bridgehead atoms. The van der Waals surface area contributed by atoms with E-state index >= 15 is 0 Å². The average molecular weight is 502 g/mol. The molecule has 0 unspecified atom stereocenters. The van der Waals surface area contributed by atoms with Crippen LogP contribution in [0.2, 0.25) is 0 Å². The van der Waals surface area contributed by atoms with Gasteiger partial charge < -0.3 is 19.7 Å². The van der Waals surface area contributed by atoms with Crippen LogP contribution >= 0.6 is 0 Å². The maximum atomic E-state index is 12.2. The quantitative estimate of drug-likeness (QED) is 0.370. The first-order valence-electron chi connectivity index (χ1n) is 13.4. The summed E-state index contributed by atoms with van der Waals surface area (Å²) in [5.41, 5.74) is 5.40. The molecular weight excluding hydrogens is 462 g/mol. The smallest absolute Gasteiger partial charge is 0.251 e. The van der Waals surface area contributed by atoms with Gasteiger partial charge in [-0.05, 0) is 91.6 Å². The molecule has 1 fully saturated rings. The van der Waals surface area contributed by atoms with E-state index in [0.29, 0.717) is 25.3 Å². The summed E-state index contributed by atoms with van der Waals surface area (Å²) in [6.07, 6.45) is 0.937. The maximum Gasteiger partial charge on any atom is 0.251 e. The van der Waals surface area contributed by atoms with Crippen LogP contribution in [0.5, 0.6) is 11.5 Å². The van der Waals surface area contributed by atoms with Crippen molar-refractivity contribution >= 4 is 11.6 Å². The average Bonchev–Trinajstić information content (AvgIpc) is 2.93. The first kappa shape index (κ1) is 26.6. The van der Waals surface area contributed by atoms with Crippen molar-refractivity contribution in [3.63, 3.8) is 0 Å². The molecule has 3 aromatic carbocycles. The van der Waals surface area contributed by atoms with E-state index in [4.69, 9.17) is 9.47 Å². The third-order valence-corrected chi connectivity index (χ3v) is 6.56. The number of nitrogens with one attached hydrogen (secondary N) is 1. The van der Waals surface area contributed by atoms with Gasteiger partial charge in [-0.2, -0.15) is 0 Å². The zero-order valence-electron chi connectivity index (χ0n) is 22.3. The Morgan fingerprint density at radius 3 is 2.22 bits per heavy atom. The molecular formula is C31H39N3O3. The maximum absolute atomic E-state index is 12.2. The lowest BCUT2D eigenvalue weighted by atomic mass is 10.0. The summed E-state index contributed by atoms with van der Waals surface area (Å²) < 4.78 is 11.6. The van der Waals surface area contributed by atoms with Gasteiger partial charge in [0.05, 0.1) is 13.2 Å². The van der Waals surface area contributed by atoms with Gasteiger partial charge in [0, 0.05) is 50.5 Å². The number of hydrogen-bond donors (Lipinski definition) is 1. The minimum Gasteiger partial charge on any atom is -0.494 e. The standard InChI is InChI=1S/C31H39N3O3/c1-4-14-32-31(35)25-10-12-28(13-11-25)34-17-15-33(16-18-34)23-24-19-27(22-30(20-24)37-6-3)26-8-7-9-29(21-26)36-5-2/h7-13,19-22H,4-6,14-18,23H2,1-3H3,(H,32,35). The van der Waals surface area contributed by atoms with Crippen LogP contribution in [-0.2, 0) is 6.54 Å². The molecule has 0 saturated carbocycles. The molecule has 0 aromatic heterocycles. The summed E-state index contributed by atoms with van der Waals surface area (Å²) in [6.45, 7) is 12.8. The van der Waals surface area contributed by atoms with Crippen molar-refractivity contribution in [1.29, 1.82) is 0 Å². The number of piperazine rings is 1. The van der Waals surface area contributed by atoms with Crippen LogP contribution in [0.1, 0.15) is 43.1 Å². The number of hydrogen-bond acceptors (Lipinski definition) is 5. The van der Waals surface area contributed by atoms with Gasteiger partial charge in [-0.25, -0.2) is 0 Å². The molecule has 0 atom stereocenters. The van der Waals surface area contributed by atoms with Gasteiger partial charge >= 0.3 is 0 Å². The topological polar surface area (TPSA) is 54.0 Å². The fourth-order valence-corrected chi connectivity index (χ4v) is 4.69. The van der Waals surface area contributed by atoms with Crippen molar-refractivity contribution in [1.82, 2.24) is 10.2 Å². The minimum atomic E-state index is -0.00325. The summed E-state index contributed by atoms with van der Waals surface area (Å²) in [6, 6.07) is 22.8. The Bertz CT molecular complexity index is 1150. The third kappa shape index (κ3) is 7.26. The summed E-state index contributed by atoms with van der Waals surface area (Å²) in [5, 5.41) is 2.94. The van der Waals surface area contributed by atoms with Gasteiger partial charge in [0.2, 0.25) is 0 Å². The SMILES string of the molecule is CCCNC(=O)c1ccc(N2CCN(Cc3cc(OCC)cc(-c4cccc(OCC)c4)c3)CC2)cc1. The Hall–Kier alpha value is -3.51. The molecule has 1 N–H and O–H groups in total.